The Morgan fingerprint density at radius 1 is 1.04 bits per heavy atom. The van der Waals surface area contributed by atoms with Gasteiger partial charge in [-0.05, 0) is 61.0 Å². The van der Waals surface area contributed by atoms with Crippen LogP contribution in [0.1, 0.15) is 37.6 Å². The number of hydrogen-bond acceptors (Lipinski definition) is 4. The van der Waals surface area contributed by atoms with Crippen LogP contribution in [0.2, 0.25) is 0 Å². The Morgan fingerprint density at radius 3 is 2.39 bits per heavy atom. The first-order chi connectivity index (χ1) is 13.3. The maximum absolute atomic E-state index is 12.4. The van der Waals surface area contributed by atoms with Crippen molar-refractivity contribution in [1.29, 1.82) is 0 Å². The van der Waals surface area contributed by atoms with Crippen LogP contribution in [0.15, 0.2) is 48.5 Å². The van der Waals surface area contributed by atoms with Gasteiger partial charge in [-0.1, -0.05) is 26.0 Å². The fourth-order valence-electron chi connectivity index (χ4n) is 2.36. The summed E-state index contributed by atoms with van der Waals surface area (Å²) in [5, 5.41) is 8.43. The first-order valence-electron chi connectivity index (χ1n) is 9.06. The predicted octanol–water partition coefficient (Wildman–Crippen LogP) is 4.20. The molecule has 148 valence electrons. The number of carbonyl (C=O) groups excluding carboxylic acids is 2. The summed E-state index contributed by atoms with van der Waals surface area (Å²) in [5.41, 5.74) is 1.75. The van der Waals surface area contributed by atoms with Crippen LogP contribution in [0.25, 0.3) is 0 Å². The Hall–Kier alpha value is -2.93. The Morgan fingerprint density at radius 2 is 1.71 bits per heavy atom. The number of carbonyl (C=O) groups is 2. The second-order valence-corrected chi connectivity index (χ2v) is 7.14. The van der Waals surface area contributed by atoms with Crippen LogP contribution >= 0.6 is 12.2 Å². The zero-order valence-corrected chi connectivity index (χ0v) is 17.1. The molecule has 0 saturated heterocycles. The second-order valence-electron chi connectivity index (χ2n) is 6.73. The fraction of sp³-hybridized carbons (Fsp3) is 0.286. The molecule has 28 heavy (non-hydrogen) atoms. The van der Waals surface area contributed by atoms with E-state index in [1.165, 1.54) is 6.92 Å². The van der Waals surface area contributed by atoms with Crippen molar-refractivity contribution >= 4 is 40.5 Å². The molecule has 0 aliphatic rings. The summed E-state index contributed by atoms with van der Waals surface area (Å²) >= 11 is 5.21. The molecule has 0 heterocycles. The molecule has 0 bridgehead atoms. The minimum absolute atomic E-state index is 0.163. The van der Waals surface area contributed by atoms with Crippen molar-refractivity contribution in [3.05, 3.63) is 54.1 Å². The molecule has 2 amide bonds. The number of amides is 2. The summed E-state index contributed by atoms with van der Waals surface area (Å²) in [4.78, 5) is 23.6. The lowest BCUT2D eigenvalue weighted by molar-refractivity contribution is -0.114. The van der Waals surface area contributed by atoms with Crippen molar-refractivity contribution in [1.82, 2.24) is 5.32 Å². The monoisotopic (exact) mass is 399 g/mol. The number of thiocarbonyl (C=S) groups is 1. The Balaban J connectivity index is 1.93. The van der Waals surface area contributed by atoms with Crippen LogP contribution in [0.5, 0.6) is 5.75 Å². The van der Waals surface area contributed by atoms with E-state index in [2.05, 4.69) is 29.8 Å². The Kier molecular flexibility index (Phi) is 7.95. The molecule has 3 N–H and O–H groups in total. The molecule has 0 radical (unpaired) electrons. The highest BCUT2D eigenvalue weighted by atomic mass is 32.1. The van der Waals surface area contributed by atoms with Crippen LogP contribution in [0, 0.1) is 5.92 Å². The highest BCUT2D eigenvalue weighted by Crippen LogP contribution is 2.16. The standard InChI is InChI=1S/C21H25N3O3S/c1-14(2)10-11-27-19-9-4-6-16(12-19)20(26)24-21(28)23-18-8-5-7-17(13-18)22-15(3)25/h4-9,12-14H,10-11H2,1-3H3,(H,22,25)(H2,23,24,26,28). The lowest BCUT2D eigenvalue weighted by atomic mass is 10.1. The van der Waals surface area contributed by atoms with Gasteiger partial charge in [-0.2, -0.15) is 0 Å². The molecule has 0 spiro atoms. The molecule has 7 heteroatoms. The third kappa shape index (κ3) is 7.36. The first kappa shape index (κ1) is 21.4. The van der Waals surface area contributed by atoms with Gasteiger partial charge in [-0.15, -0.1) is 0 Å². The van der Waals surface area contributed by atoms with E-state index in [-0.39, 0.29) is 16.9 Å². The lowest BCUT2D eigenvalue weighted by Gasteiger charge is -2.12. The SMILES string of the molecule is CC(=O)Nc1cccc(NC(=S)NC(=O)c2cccc(OCCC(C)C)c2)c1. The molecule has 2 aromatic rings. The maximum atomic E-state index is 12.4. The molecule has 0 atom stereocenters. The molecular formula is C21H25N3O3S. The van der Waals surface area contributed by atoms with Crippen molar-refractivity contribution in [2.75, 3.05) is 17.2 Å². The summed E-state index contributed by atoms with van der Waals surface area (Å²) < 4.78 is 5.69. The number of ether oxygens (including phenoxy) is 1. The van der Waals surface area contributed by atoms with Gasteiger partial charge in [0.1, 0.15) is 5.75 Å². The Labute approximate surface area is 170 Å². The van der Waals surface area contributed by atoms with Gasteiger partial charge in [0.15, 0.2) is 5.11 Å². The highest BCUT2D eigenvalue weighted by Gasteiger charge is 2.10. The van der Waals surface area contributed by atoms with Crippen LogP contribution in [0.4, 0.5) is 11.4 Å². The van der Waals surface area contributed by atoms with Crippen LogP contribution in [-0.4, -0.2) is 23.5 Å². The summed E-state index contributed by atoms with van der Waals surface area (Å²) in [6, 6.07) is 14.0. The van der Waals surface area contributed by atoms with Crippen LogP contribution < -0.4 is 20.7 Å². The van der Waals surface area contributed by atoms with Crippen molar-refractivity contribution in [2.45, 2.75) is 27.2 Å². The van der Waals surface area contributed by atoms with Crippen molar-refractivity contribution in [2.24, 2.45) is 5.92 Å². The number of benzene rings is 2. The van der Waals surface area contributed by atoms with Crippen LogP contribution in [-0.2, 0) is 4.79 Å². The minimum atomic E-state index is -0.329. The lowest BCUT2D eigenvalue weighted by Crippen LogP contribution is -2.34. The zero-order chi connectivity index (χ0) is 20.5. The topological polar surface area (TPSA) is 79.5 Å². The molecule has 2 aromatic carbocycles. The first-order valence-corrected chi connectivity index (χ1v) is 9.47. The molecule has 0 saturated carbocycles. The van der Waals surface area contributed by atoms with E-state index in [0.29, 0.717) is 35.2 Å². The normalized spacial score (nSPS) is 10.3. The molecule has 6 nitrogen and oxygen atoms in total. The molecule has 0 fully saturated rings. The quantitative estimate of drug-likeness (QED) is 0.608. The van der Waals surface area contributed by atoms with Crippen LogP contribution in [0.3, 0.4) is 0 Å². The smallest absolute Gasteiger partial charge is 0.257 e. The maximum Gasteiger partial charge on any atom is 0.257 e. The van der Waals surface area contributed by atoms with Gasteiger partial charge in [0, 0.05) is 23.9 Å². The van der Waals surface area contributed by atoms with E-state index in [4.69, 9.17) is 17.0 Å². The zero-order valence-electron chi connectivity index (χ0n) is 16.2. The van der Waals surface area contributed by atoms with Gasteiger partial charge in [0.25, 0.3) is 5.91 Å². The largest absolute Gasteiger partial charge is 0.494 e. The number of rotatable bonds is 7. The molecule has 0 aliphatic carbocycles. The van der Waals surface area contributed by atoms with E-state index in [1.54, 1.807) is 42.5 Å². The summed E-state index contributed by atoms with van der Waals surface area (Å²) in [7, 11) is 0. The second kappa shape index (κ2) is 10.4. The third-order valence-electron chi connectivity index (χ3n) is 3.73. The van der Waals surface area contributed by atoms with Crippen molar-refractivity contribution in [3.63, 3.8) is 0 Å². The average Bonchev–Trinajstić information content (AvgIpc) is 2.61. The third-order valence-corrected chi connectivity index (χ3v) is 3.93. The molecule has 0 unspecified atom stereocenters. The summed E-state index contributed by atoms with van der Waals surface area (Å²) in [5.74, 6) is 0.711. The number of hydrogen-bond donors (Lipinski definition) is 3. The molecule has 2 rings (SSSR count). The van der Waals surface area contributed by atoms with E-state index < -0.39 is 0 Å². The van der Waals surface area contributed by atoms with Gasteiger partial charge in [-0.25, -0.2) is 0 Å². The van der Waals surface area contributed by atoms with Gasteiger partial charge < -0.3 is 15.4 Å². The highest BCUT2D eigenvalue weighted by molar-refractivity contribution is 7.80. The van der Waals surface area contributed by atoms with E-state index in [9.17, 15) is 9.59 Å². The molecule has 0 aliphatic heterocycles. The minimum Gasteiger partial charge on any atom is -0.494 e. The van der Waals surface area contributed by atoms with Crippen molar-refractivity contribution in [3.8, 4) is 5.75 Å². The summed E-state index contributed by atoms with van der Waals surface area (Å²) in [6.45, 7) is 6.30. The van der Waals surface area contributed by atoms with E-state index in [0.717, 1.165) is 6.42 Å². The van der Waals surface area contributed by atoms with Crippen molar-refractivity contribution < 1.29 is 14.3 Å². The van der Waals surface area contributed by atoms with E-state index >= 15 is 0 Å². The number of nitrogens with one attached hydrogen (secondary N) is 3. The fourth-order valence-corrected chi connectivity index (χ4v) is 2.57. The molecule has 0 aromatic heterocycles. The Bertz CT molecular complexity index is 852. The van der Waals surface area contributed by atoms with Gasteiger partial charge >= 0.3 is 0 Å². The molecular weight excluding hydrogens is 374 g/mol. The average molecular weight is 400 g/mol. The summed E-state index contributed by atoms with van der Waals surface area (Å²) in [6.07, 6.45) is 0.946. The van der Waals surface area contributed by atoms with E-state index in [1.807, 2.05) is 6.07 Å². The van der Waals surface area contributed by atoms with Gasteiger partial charge in [-0.3, -0.25) is 14.9 Å². The van der Waals surface area contributed by atoms with Gasteiger partial charge in [0.05, 0.1) is 6.61 Å². The van der Waals surface area contributed by atoms with Gasteiger partial charge in [0.2, 0.25) is 5.91 Å². The predicted molar refractivity (Wildman–Crippen MR) is 116 cm³/mol. The number of anilines is 2.